The van der Waals surface area contributed by atoms with Crippen LogP contribution in [0.5, 0.6) is 0 Å². The first kappa shape index (κ1) is 31.4. The Morgan fingerprint density at radius 1 is 0.321 bits per heavy atom. The zero-order valence-corrected chi connectivity index (χ0v) is 31.2. The normalized spacial score (nSPS) is 13.3. The summed E-state index contributed by atoms with van der Waals surface area (Å²) in [5, 5.41) is 12.4. The maximum Gasteiger partial charge on any atom is 0.136 e. The van der Waals surface area contributed by atoms with E-state index in [2.05, 4.69) is 196 Å². The summed E-state index contributed by atoms with van der Waals surface area (Å²) < 4.78 is 6.47. The highest BCUT2D eigenvalue weighted by Crippen LogP contribution is 2.52. The van der Waals surface area contributed by atoms with Gasteiger partial charge in [0.2, 0.25) is 0 Å². The minimum atomic E-state index is -0.186. The molecule has 0 fully saturated rings. The molecule has 1 aliphatic rings. The van der Waals surface area contributed by atoms with Gasteiger partial charge in [0.25, 0.3) is 0 Å². The third-order valence-electron chi connectivity index (χ3n) is 12.6. The summed E-state index contributed by atoms with van der Waals surface area (Å²) in [6.45, 7) is 4.77. The van der Waals surface area contributed by atoms with Crippen LogP contribution in [0.4, 0.5) is 0 Å². The Morgan fingerprint density at radius 2 is 0.821 bits per heavy atom. The van der Waals surface area contributed by atoms with E-state index in [9.17, 15) is 0 Å². The monoisotopic (exact) mass is 712 g/mol. The van der Waals surface area contributed by atoms with Gasteiger partial charge in [-0.3, -0.25) is 0 Å². The SMILES string of the molecule is CC1(C)c2cc(-c3ccc4c(c3)oc3cc5ccccc5cc34)ccc2-c2ccc(-c3c4ccccc4c(-c4cccc5ccccc45)c4ccccc34)cc21. The lowest BCUT2D eigenvalue weighted by molar-refractivity contribution is 0.661. The molecule has 1 heteroatoms. The maximum absolute atomic E-state index is 6.47. The molecule has 1 nitrogen and oxygen atoms in total. The third kappa shape index (κ3) is 4.43. The fourth-order valence-corrected chi connectivity index (χ4v) is 9.89. The molecular weight excluding hydrogens is 677 g/mol. The average Bonchev–Trinajstić information content (AvgIpc) is 3.71. The Morgan fingerprint density at radius 3 is 1.52 bits per heavy atom. The van der Waals surface area contributed by atoms with Crippen LogP contribution in [-0.2, 0) is 5.41 Å². The Hall–Kier alpha value is -6.96. The van der Waals surface area contributed by atoms with E-state index in [0.29, 0.717) is 0 Å². The Kier molecular flexibility index (Phi) is 6.46. The number of benzene rings is 10. The highest BCUT2D eigenvalue weighted by Gasteiger charge is 2.36. The van der Waals surface area contributed by atoms with Gasteiger partial charge in [0.15, 0.2) is 0 Å². The molecule has 0 aliphatic heterocycles. The van der Waals surface area contributed by atoms with Crippen molar-refractivity contribution in [2.24, 2.45) is 0 Å². The fourth-order valence-electron chi connectivity index (χ4n) is 9.89. The average molecular weight is 713 g/mol. The van der Waals surface area contributed by atoms with E-state index >= 15 is 0 Å². The van der Waals surface area contributed by atoms with Crippen LogP contribution in [0.15, 0.2) is 186 Å². The molecule has 12 rings (SSSR count). The minimum Gasteiger partial charge on any atom is -0.456 e. The molecule has 11 aromatic rings. The zero-order valence-electron chi connectivity index (χ0n) is 31.2. The first-order chi connectivity index (χ1) is 27.5. The molecule has 56 heavy (non-hydrogen) atoms. The summed E-state index contributed by atoms with van der Waals surface area (Å²) in [4.78, 5) is 0. The van der Waals surface area contributed by atoms with Crippen LogP contribution in [-0.4, -0.2) is 0 Å². The Bertz CT molecular complexity index is 3390. The number of rotatable bonds is 3. The second-order valence-electron chi connectivity index (χ2n) is 16.0. The smallest absolute Gasteiger partial charge is 0.136 e. The fraction of sp³-hybridized carbons (Fsp3) is 0.0545. The summed E-state index contributed by atoms with van der Waals surface area (Å²) in [7, 11) is 0. The molecule has 10 aromatic carbocycles. The van der Waals surface area contributed by atoms with Crippen LogP contribution < -0.4 is 0 Å². The van der Waals surface area contributed by atoms with Crippen molar-refractivity contribution in [3.8, 4) is 44.5 Å². The van der Waals surface area contributed by atoms with Crippen LogP contribution in [0.2, 0.25) is 0 Å². The van der Waals surface area contributed by atoms with E-state index in [-0.39, 0.29) is 5.41 Å². The molecule has 0 spiro atoms. The third-order valence-corrected chi connectivity index (χ3v) is 12.6. The summed E-state index contributed by atoms with van der Waals surface area (Å²) in [6.07, 6.45) is 0. The first-order valence-electron chi connectivity index (χ1n) is 19.6. The lowest BCUT2D eigenvalue weighted by Gasteiger charge is -2.23. The largest absolute Gasteiger partial charge is 0.456 e. The van der Waals surface area contributed by atoms with Gasteiger partial charge in [0, 0.05) is 16.2 Å². The lowest BCUT2D eigenvalue weighted by atomic mass is 9.80. The van der Waals surface area contributed by atoms with Crippen molar-refractivity contribution >= 4 is 65.0 Å². The molecule has 1 heterocycles. The van der Waals surface area contributed by atoms with Crippen LogP contribution >= 0.6 is 0 Å². The van der Waals surface area contributed by atoms with E-state index < -0.39 is 0 Å². The number of hydrogen-bond acceptors (Lipinski definition) is 1. The number of hydrogen-bond donors (Lipinski definition) is 0. The van der Waals surface area contributed by atoms with Gasteiger partial charge in [-0.2, -0.15) is 0 Å². The van der Waals surface area contributed by atoms with E-state index in [4.69, 9.17) is 4.42 Å². The lowest BCUT2D eigenvalue weighted by Crippen LogP contribution is -2.15. The molecule has 0 amide bonds. The van der Waals surface area contributed by atoms with Gasteiger partial charge in [0.05, 0.1) is 0 Å². The van der Waals surface area contributed by atoms with E-state index in [1.165, 1.54) is 98.7 Å². The van der Waals surface area contributed by atoms with Crippen LogP contribution in [0.3, 0.4) is 0 Å². The van der Waals surface area contributed by atoms with Crippen molar-refractivity contribution in [2.45, 2.75) is 19.3 Å². The zero-order chi connectivity index (χ0) is 37.1. The standard InChI is InChI=1S/C55H36O/c1-55(2)49-29-36(37-23-27-42-48-28-34-13-3-4-14-35(34)31-52(48)56-51(42)32-37)22-25-40(49)41-26-24-38(30-50(41)55)53-44-17-7-9-19-46(44)54(47-20-10-8-18-45(47)53)43-21-11-15-33-12-5-6-16-39(33)43/h3-32H,1-2H3. The topological polar surface area (TPSA) is 13.1 Å². The second-order valence-corrected chi connectivity index (χ2v) is 16.0. The molecule has 262 valence electrons. The molecule has 1 aromatic heterocycles. The van der Waals surface area contributed by atoms with Gasteiger partial charge < -0.3 is 4.42 Å². The summed E-state index contributed by atoms with van der Waals surface area (Å²) >= 11 is 0. The number of fused-ring (bicyclic) bond motifs is 10. The van der Waals surface area contributed by atoms with Gasteiger partial charge in [0.1, 0.15) is 11.2 Å². The highest BCUT2D eigenvalue weighted by atomic mass is 16.3. The Labute approximate surface area is 325 Å². The van der Waals surface area contributed by atoms with E-state index in [1.54, 1.807) is 0 Å². The van der Waals surface area contributed by atoms with E-state index in [1.807, 2.05) is 0 Å². The summed E-state index contributed by atoms with van der Waals surface area (Å²) in [6, 6.07) is 67.2. The first-order valence-corrected chi connectivity index (χ1v) is 19.6. The molecule has 0 saturated heterocycles. The van der Waals surface area contributed by atoms with Crippen molar-refractivity contribution in [1.82, 2.24) is 0 Å². The molecule has 0 atom stereocenters. The van der Waals surface area contributed by atoms with Crippen LogP contribution in [0, 0.1) is 0 Å². The van der Waals surface area contributed by atoms with Crippen molar-refractivity contribution in [3.05, 3.63) is 193 Å². The van der Waals surface area contributed by atoms with Crippen molar-refractivity contribution < 1.29 is 4.42 Å². The van der Waals surface area contributed by atoms with Crippen molar-refractivity contribution in [3.63, 3.8) is 0 Å². The van der Waals surface area contributed by atoms with Gasteiger partial charge in [-0.05, 0) is 135 Å². The molecule has 0 N–H and O–H groups in total. The molecule has 0 saturated carbocycles. The van der Waals surface area contributed by atoms with Gasteiger partial charge >= 0.3 is 0 Å². The van der Waals surface area contributed by atoms with E-state index in [0.717, 1.165) is 21.9 Å². The minimum absolute atomic E-state index is 0.186. The molecule has 0 radical (unpaired) electrons. The summed E-state index contributed by atoms with van der Waals surface area (Å²) in [5.41, 5.74) is 14.5. The Balaban J connectivity index is 0.993. The maximum atomic E-state index is 6.47. The van der Waals surface area contributed by atoms with Gasteiger partial charge in [-0.15, -0.1) is 0 Å². The summed E-state index contributed by atoms with van der Waals surface area (Å²) in [5.74, 6) is 0. The highest BCUT2D eigenvalue weighted by molar-refractivity contribution is 6.23. The van der Waals surface area contributed by atoms with Gasteiger partial charge in [-0.1, -0.05) is 159 Å². The molecular formula is C55H36O. The van der Waals surface area contributed by atoms with Crippen molar-refractivity contribution in [2.75, 3.05) is 0 Å². The quantitative estimate of drug-likeness (QED) is 0.166. The number of furan rings is 1. The predicted molar refractivity (Wildman–Crippen MR) is 238 cm³/mol. The van der Waals surface area contributed by atoms with Crippen molar-refractivity contribution in [1.29, 1.82) is 0 Å². The van der Waals surface area contributed by atoms with Gasteiger partial charge in [-0.25, -0.2) is 0 Å². The van der Waals surface area contributed by atoms with Crippen LogP contribution in [0.1, 0.15) is 25.0 Å². The molecule has 1 aliphatic carbocycles. The molecule has 0 bridgehead atoms. The second kappa shape index (κ2) is 11.5. The predicted octanol–water partition coefficient (Wildman–Crippen LogP) is 15.5. The molecule has 0 unspecified atom stereocenters. The van der Waals surface area contributed by atoms with Crippen LogP contribution in [0.25, 0.3) is 110 Å².